The Balaban J connectivity index is 1.90. The number of aliphatic hydroxyl groups excluding tert-OH is 2. The van der Waals surface area contributed by atoms with Crippen molar-refractivity contribution in [1.29, 1.82) is 0 Å². The maximum atomic E-state index is 13.7. The largest absolute Gasteiger partial charge is 0.550 e. The zero-order valence-electron chi connectivity index (χ0n) is 21.9. The van der Waals surface area contributed by atoms with E-state index < -0.39 is 24.6 Å². The number of ether oxygens (including phenoxy) is 1. The molecule has 9 heteroatoms. The van der Waals surface area contributed by atoms with Crippen LogP contribution in [-0.4, -0.2) is 46.0 Å². The first-order chi connectivity index (χ1) is 18.1. The smallest absolute Gasteiger partial charge is 0.268 e. The number of hydrogen-bond acceptors (Lipinski definition) is 6. The molecule has 0 fully saturated rings. The third-order valence-corrected chi connectivity index (χ3v) is 6.55. The molecule has 2 atom stereocenters. The van der Waals surface area contributed by atoms with E-state index in [4.69, 9.17) is 4.74 Å². The first-order valence-electron chi connectivity index (χ1n) is 12.6. The molecule has 2 aromatic carbocycles. The lowest BCUT2D eigenvalue weighted by Gasteiger charge is -2.18. The molecule has 3 N–H and O–H groups in total. The van der Waals surface area contributed by atoms with Crippen LogP contribution in [0.15, 0.2) is 48.5 Å². The van der Waals surface area contributed by atoms with E-state index in [9.17, 15) is 29.3 Å². The standard InChI is InChI=1S/C29H35FN2O6/c1-4-32-25(14-11-22(33)15-23(34)16-26(35)36)27(20-7-9-21(30)10-8-20)18(2)28(32)29(37)31-17-19-5-12-24(38-3)13-6-19/h5-10,12-13,22-23,33-34H,4,11,14-17H2,1-3H3,(H,31,37)(H,35,36)/p-1/t22-,23-/m1/s1. The molecule has 0 saturated heterocycles. The van der Waals surface area contributed by atoms with E-state index in [1.54, 1.807) is 19.2 Å². The van der Waals surface area contributed by atoms with Gasteiger partial charge in [-0.15, -0.1) is 0 Å². The van der Waals surface area contributed by atoms with Gasteiger partial charge in [0, 0.05) is 36.7 Å². The summed E-state index contributed by atoms with van der Waals surface area (Å²) in [5.41, 5.74) is 4.42. The number of methoxy groups -OCH3 is 1. The monoisotopic (exact) mass is 525 g/mol. The van der Waals surface area contributed by atoms with E-state index in [1.165, 1.54) is 12.1 Å². The molecule has 38 heavy (non-hydrogen) atoms. The molecule has 0 spiro atoms. The van der Waals surface area contributed by atoms with Gasteiger partial charge in [-0.25, -0.2) is 4.39 Å². The second-order valence-electron chi connectivity index (χ2n) is 9.24. The van der Waals surface area contributed by atoms with Crippen LogP contribution in [0.1, 0.15) is 53.5 Å². The zero-order valence-corrected chi connectivity index (χ0v) is 21.9. The number of rotatable bonds is 13. The highest BCUT2D eigenvalue weighted by Crippen LogP contribution is 2.34. The molecule has 0 aliphatic rings. The van der Waals surface area contributed by atoms with Gasteiger partial charge >= 0.3 is 0 Å². The minimum absolute atomic E-state index is 0.110. The Kier molecular flexibility index (Phi) is 10.0. The molecule has 1 heterocycles. The van der Waals surface area contributed by atoms with E-state index >= 15 is 0 Å². The fourth-order valence-corrected chi connectivity index (χ4v) is 4.73. The molecule has 204 valence electrons. The van der Waals surface area contributed by atoms with Crippen molar-refractivity contribution in [2.24, 2.45) is 0 Å². The second-order valence-corrected chi connectivity index (χ2v) is 9.24. The zero-order chi connectivity index (χ0) is 27.8. The van der Waals surface area contributed by atoms with Gasteiger partial charge in [0.2, 0.25) is 0 Å². The molecule has 3 aromatic rings. The molecule has 1 aromatic heterocycles. The van der Waals surface area contributed by atoms with Crippen LogP contribution < -0.4 is 15.2 Å². The van der Waals surface area contributed by atoms with Gasteiger partial charge in [0.1, 0.15) is 17.3 Å². The van der Waals surface area contributed by atoms with Crippen LogP contribution in [0.3, 0.4) is 0 Å². The van der Waals surface area contributed by atoms with Gasteiger partial charge in [0.25, 0.3) is 5.91 Å². The highest BCUT2D eigenvalue weighted by Gasteiger charge is 2.25. The van der Waals surface area contributed by atoms with E-state index in [0.717, 1.165) is 33.7 Å². The Labute approximate surface area is 221 Å². The predicted octanol–water partition coefficient (Wildman–Crippen LogP) is 2.75. The van der Waals surface area contributed by atoms with Gasteiger partial charge in [-0.1, -0.05) is 24.3 Å². The maximum Gasteiger partial charge on any atom is 0.268 e. The van der Waals surface area contributed by atoms with Gasteiger partial charge in [0.15, 0.2) is 0 Å². The summed E-state index contributed by atoms with van der Waals surface area (Å²) in [5.74, 6) is -1.31. The molecule has 0 unspecified atom stereocenters. The summed E-state index contributed by atoms with van der Waals surface area (Å²) in [4.78, 5) is 24.1. The fraction of sp³-hybridized carbons (Fsp3) is 0.379. The van der Waals surface area contributed by atoms with E-state index in [0.29, 0.717) is 25.2 Å². The second kappa shape index (κ2) is 13.2. The molecule has 0 bridgehead atoms. The number of carboxylic acid groups (broad SMARTS) is 1. The third-order valence-electron chi connectivity index (χ3n) is 6.55. The lowest BCUT2D eigenvalue weighted by Crippen LogP contribution is -2.29. The highest BCUT2D eigenvalue weighted by molar-refractivity contribution is 5.97. The van der Waals surface area contributed by atoms with Crippen LogP contribution >= 0.6 is 0 Å². The number of aliphatic carboxylic acids is 1. The number of nitrogens with one attached hydrogen (secondary N) is 1. The highest BCUT2D eigenvalue weighted by atomic mass is 19.1. The lowest BCUT2D eigenvalue weighted by molar-refractivity contribution is -0.307. The molecular weight excluding hydrogens is 491 g/mol. The summed E-state index contributed by atoms with van der Waals surface area (Å²) >= 11 is 0. The Morgan fingerprint density at radius 1 is 1.08 bits per heavy atom. The molecule has 0 aliphatic carbocycles. The lowest BCUT2D eigenvalue weighted by atomic mass is 9.97. The van der Waals surface area contributed by atoms with Crippen molar-refractivity contribution < 1.29 is 34.0 Å². The number of aliphatic hydroxyl groups is 2. The number of hydrogen-bond donors (Lipinski definition) is 3. The minimum Gasteiger partial charge on any atom is -0.550 e. The van der Waals surface area contributed by atoms with Crippen molar-refractivity contribution in [3.8, 4) is 16.9 Å². The van der Waals surface area contributed by atoms with Gasteiger partial charge < -0.3 is 34.7 Å². The summed E-state index contributed by atoms with van der Waals surface area (Å²) in [6, 6.07) is 13.4. The quantitative estimate of drug-likeness (QED) is 0.315. The first kappa shape index (κ1) is 28.9. The number of benzene rings is 2. The topological polar surface area (TPSA) is 124 Å². The van der Waals surface area contributed by atoms with Crippen LogP contribution in [0.25, 0.3) is 11.1 Å². The summed E-state index contributed by atoms with van der Waals surface area (Å²) in [6.07, 6.45) is -2.26. The molecule has 0 aliphatic heterocycles. The van der Waals surface area contributed by atoms with Crippen molar-refractivity contribution in [1.82, 2.24) is 9.88 Å². The van der Waals surface area contributed by atoms with Crippen molar-refractivity contribution in [2.45, 2.75) is 64.8 Å². The van der Waals surface area contributed by atoms with E-state index in [1.807, 2.05) is 42.7 Å². The van der Waals surface area contributed by atoms with E-state index in [2.05, 4.69) is 5.32 Å². The van der Waals surface area contributed by atoms with Gasteiger partial charge in [0.05, 0.1) is 19.3 Å². The Morgan fingerprint density at radius 2 is 1.74 bits per heavy atom. The SMILES string of the molecule is CCn1c(CC[C@@H](O)C[C@@H](O)CC(=O)[O-])c(-c2ccc(F)cc2)c(C)c1C(=O)NCc1ccc(OC)cc1. The fourth-order valence-electron chi connectivity index (χ4n) is 4.73. The number of halogens is 1. The van der Waals surface area contributed by atoms with E-state index in [-0.39, 0.29) is 24.6 Å². The summed E-state index contributed by atoms with van der Waals surface area (Å²) < 4.78 is 20.7. The maximum absolute atomic E-state index is 13.7. The normalized spacial score (nSPS) is 12.7. The average Bonchev–Trinajstić information content (AvgIpc) is 3.17. The Hall–Kier alpha value is -3.69. The number of carbonyl (C=O) groups is 2. The van der Waals surface area contributed by atoms with Crippen LogP contribution in [0, 0.1) is 12.7 Å². The summed E-state index contributed by atoms with van der Waals surface area (Å²) in [5, 5.41) is 34.0. The summed E-state index contributed by atoms with van der Waals surface area (Å²) in [6.45, 7) is 4.55. The predicted molar refractivity (Wildman–Crippen MR) is 139 cm³/mol. The molecule has 3 rings (SSSR count). The van der Waals surface area contributed by atoms with Crippen LogP contribution in [0.4, 0.5) is 4.39 Å². The number of carbonyl (C=O) groups excluding carboxylic acids is 2. The van der Waals surface area contributed by atoms with Gasteiger partial charge in [-0.3, -0.25) is 4.79 Å². The number of carboxylic acids is 1. The van der Waals surface area contributed by atoms with Gasteiger partial charge in [-0.05, 0) is 74.1 Å². The van der Waals surface area contributed by atoms with Crippen molar-refractivity contribution in [3.05, 3.63) is 76.9 Å². The Bertz CT molecular complexity index is 1240. The van der Waals surface area contributed by atoms with Crippen LogP contribution in [-0.2, 0) is 24.3 Å². The third kappa shape index (κ3) is 7.20. The molecule has 8 nitrogen and oxygen atoms in total. The average molecular weight is 526 g/mol. The van der Waals surface area contributed by atoms with Crippen LogP contribution in [0.5, 0.6) is 5.75 Å². The van der Waals surface area contributed by atoms with Gasteiger partial charge in [-0.2, -0.15) is 0 Å². The molecule has 0 radical (unpaired) electrons. The molecule has 1 amide bonds. The minimum atomic E-state index is -1.39. The number of aromatic nitrogens is 1. The molecular formula is C29H34FN2O6-. The Morgan fingerprint density at radius 3 is 2.32 bits per heavy atom. The van der Waals surface area contributed by atoms with Crippen molar-refractivity contribution in [2.75, 3.05) is 7.11 Å². The van der Waals surface area contributed by atoms with Crippen LogP contribution in [0.2, 0.25) is 0 Å². The van der Waals surface area contributed by atoms with Crippen molar-refractivity contribution >= 4 is 11.9 Å². The summed E-state index contributed by atoms with van der Waals surface area (Å²) in [7, 11) is 1.59. The van der Waals surface area contributed by atoms with Crippen molar-refractivity contribution in [3.63, 3.8) is 0 Å². The molecule has 0 saturated carbocycles. The first-order valence-corrected chi connectivity index (χ1v) is 12.6. The number of amides is 1. The number of nitrogens with zero attached hydrogens (tertiary/aromatic N) is 1.